The van der Waals surface area contributed by atoms with Crippen LogP contribution in [0.5, 0.6) is 5.88 Å². The number of nitrogens with zero attached hydrogens (tertiary/aromatic N) is 3. The minimum Gasteiger partial charge on any atom is -0.481 e. The summed E-state index contributed by atoms with van der Waals surface area (Å²) < 4.78 is 29.8. The van der Waals surface area contributed by atoms with Crippen molar-refractivity contribution in [1.29, 1.82) is 0 Å². The number of pyridine rings is 2. The molecule has 0 saturated carbocycles. The van der Waals surface area contributed by atoms with E-state index in [1.165, 1.54) is 4.31 Å². The Morgan fingerprint density at radius 1 is 1.15 bits per heavy atom. The van der Waals surface area contributed by atoms with E-state index >= 15 is 0 Å². The van der Waals surface area contributed by atoms with E-state index in [1.807, 2.05) is 30.3 Å². The summed E-state index contributed by atoms with van der Waals surface area (Å²) in [5.74, 6) is 0.511. The Morgan fingerprint density at radius 2 is 2.00 bits per heavy atom. The lowest BCUT2D eigenvalue weighted by atomic mass is 9.94. The molecule has 0 unspecified atom stereocenters. The highest BCUT2D eigenvalue weighted by molar-refractivity contribution is 7.86. The summed E-state index contributed by atoms with van der Waals surface area (Å²) in [5, 5.41) is 6.20. The first-order valence-electron chi connectivity index (χ1n) is 8.15. The lowest BCUT2D eigenvalue weighted by Crippen LogP contribution is -2.40. The van der Waals surface area contributed by atoms with Gasteiger partial charge in [0.25, 0.3) is 10.2 Å². The first-order valence-corrected chi connectivity index (χ1v) is 9.66. The van der Waals surface area contributed by atoms with Crippen molar-refractivity contribution in [2.75, 3.05) is 13.7 Å². The summed E-state index contributed by atoms with van der Waals surface area (Å²) in [6.07, 6.45) is 2.36. The standard InChI is InChI=1S/C18H18N4O3S/c1-25-17-5-4-16-15(6-8-20-18(16)21-17)13-3-2-12-7-9-22(26(19,23)24)11-14(12)10-13/h2-6,8,10H,7,9,11H2,1H3,(H2,19,23,24). The van der Waals surface area contributed by atoms with Crippen LogP contribution in [0.1, 0.15) is 11.1 Å². The number of ether oxygens (including phenoxy) is 1. The normalized spacial score (nSPS) is 15.0. The molecule has 3 aromatic rings. The lowest BCUT2D eigenvalue weighted by Gasteiger charge is -2.26. The van der Waals surface area contributed by atoms with Crippen molar-refractivity contribution in [2.24, 2.45) is 5.14 Å². The van der Waals surface area contributed by atoms with Crippen LogP contribution in [0.15, 0.2) is 42.6 Å². The molecule has 26 heavy (non-hydrogen) atoms. The summed E-state index contributed by atoms with van der Waals surface area (Å²) in [5.41, 5.74) is 4.69. The second-order valence-electron chi connectivity index (χ2n) is 6.20. The van der Waals surface area contributed by atoms with Gasteiger partial charge in [-0.25, -0.2) is 10.1 Å². The number of methoxy groups -OCH3 is 1. The Morgan fingerprint density at radius 3 is 2.77 bits per heavy atom. The van der Waals surface area contributed by atoms with E-state index in [0.29, 0.717) is 24.5 Å². The molecule has 0 aliphatic carbocycles. The molecule has 4 rings (SSSR count). The lowest BCUT2D eigenvalue weighted by molar-refractivity contribution is 0.392. The fraction of sp³-hybridized carbons (Fsp3) is 0.222. The molecule has 1 aliphatic heterocycles. The number of rotatable bonds is 3. The Labute approximate surface area is 151 Å². The molecule has 1 aliphatic rings. The third-order valence-electron chi connectivity index (χ3n) is 4.64. The largest absolute Gasteiger partial charge is 0.481 e. The van der Waals surface area contributed by atoms with Crippen LogP contribution < -0.4 is 9.88 Å². The van der Waals surface area contributed by atoms with Gasteiger partial charge in [0.2, 0.25) is 5.88 Å². The van der Waals surface area contributed by atoms with Crippen LogP contribution in [0.4, 0.5) is 0 Å². The minimum absolute atomic E-state index is 0.289. The molecule has 2 aromatic heterocycles. The van der Waals surface area contributed by atoms with Crippen LogP contribution in [0.2, 0.25) is 0 Å². The van der Waals surface area contributed by atoms with E-state index < -0.39 is 10.2 Å². The third kappa shape index (κ3) is 3.03. The van der Waals surface area contributed by atoms with Gasteiger partial charge in [-0.05, 0) is 46.9 Å². The predicted octanol–water partition coefficient (Wildman–Crippen LogP) is 1.87. The first-order chi connectivity index (χ1) is 12.5. The van der Waals surface area contributed by atoms with Gasteiger partial charge in [-0.2, -0.15) is 17.7 Å². The van der Waals surface area contributed by atoms with Gasteiger partial charge >= 0.3 is 0 Å². The van der Waals surface area contributed by atoms with Gasteiger partial charge in [-0.1, -0.05) is 12.1 Å². The molecular formula is C18H18N4O3S. The number of benzene rings is 1. The summed E-state index contributed by atoms with van der Waals surface area (Å²) in [7, 11) is -2.12. The maximum absolute atomic E-state index is 11.7. The Kier molecular flexibility index (Phi) is 4.10. The van der Waals surface area contributed by atoms with E-state index in [9.17, 15) is 8.42 Å². The van der Waals surface area contributed by atoms with Crippen LogP contribution >= 0.6 is 0 Å². The smallest absolute Gasteiger partial charge is 0.277 e. The molecule has 3 heterocycles. The highest BCUT2D eigenvalue weighted by Gasteiger charge is 2.24. The second-order valence-corrected chi connectivity index (χ2v) is 7.74. The van der Waals surface area contributed by atoms with Crippen LogP contribution in [0, 0.1) is 0 Å². The summed E-state index contributed by atoms with van der Waals surface area (Å²) in [4.78, 5) is 8.69. The Hall–Kier alpha value is -2.55. The SMILES string of the molecule is COc1ccc2c(-c3ccc4c(c3)CN(S(N)(=O)=O)CC4)ccnc2n1. The predicted molar refractivity (Wildman–Crippen MR) is 98.7 cm³/mol. The van der Waals surface area contributed by atoms with Crippen molar-refractivity contribution in [1.82, 2.24) is 14.3 Å². The maximum atomic E-state index is 11.7. The summed E-state index contributed by atoms with van der Waals surface area (Å²) in [6.45, 7) is 0.699. The molecule has 0 bridgehead atoms. The molecule has 134 valence electrons. The molecule has 7 nitrogen and oxygen atoms in total. The first kappa shape index (κ1) is 16.9. The average Bonchev–Trinajstić information content (AvgIpc) is 2.65. The van der Waals surface area contributed by atoms with Crippen LogP contribution in [-0.4, -0.2) is 36.3 Å². The molecule has 0 atom stereocenters. The van der Waals surface area contributed by atoms with Gasteiger partial charge in [0.1, 0.15) is 0 Å². The average molecular weight is 370 g/mol. The van der Waals surface area contributed by atoms with Crippen LogP contribution in [-0.2, 0) is 23.2 Å². The molecule has 8 heteroatoms. The second kappa shape index (κ2) is 6.31. The van der Waals surface area contributed by atoms with Gasteiger partial charge in [-0.15, -0.1) is 0 Å². The number of hydrogen-bond donors (Lipinski definition) is 1. The number of nitrogens with two attached hydrogens (primary N) is 1. The highest BCUT2D eigenvalue weighted by Crippen LogP contribution is 2.31. The minimum atomic E-state index is -3.69. The third-order valence-corrected chi connectivity index (χ3v) is 5.67. The van der Waals surface area contributed by atoms with E-state index in [1.54, 1.807) is 19.4 Å². The Balaban J connectivity index is 1.79. The molecule has 0 fully saturated rings. The molecule has 1 aromatic carbocycles. The van der Waals surface area contributed by atoms with Gasteiger partial charge in [-0.3, -0.25) is 0 Å². The number of aromatic nitrogens is 2. The van der Waals surface area contributed by atoms with E-state index in [4.69, 9.17) is 9.88 Å². The molecule has 0 radical (unpaired) electrons. The fourth-order valence-electron chi connectivity index (χ4n) is 3.29. The maximum Gasteiger partial charge on any atom is 0.277 e. The topological polar surface area (TPSA) is 98.4 Å². The molecule has 0 spiro atoms. The van der Waals surface area contributed by atoms with Gasteiger partial charge in [0.05, 0.1) is 7.11 Å². The van der Waals surface area contributed by atoms with Crippen LogP contribution in [0.25, 0.3) is 22.2 Å². The van der Waals surface area contributed by atoms with E-state index in [-0.39, 0.29) is 6.54 Å². The van der Waals surface area contributed by atoms with Gasteiger partial charge in [0.15, 0.2) is 5.65 Å². The number of fused-ring (bicyclic) bond motifs is 2. The van der Waals surface area contributed by atoms with E-state index in [0.717, 1.165) is 27.6 Å². The fourth-order valence-corrected chi connectivity index (χ4v) is 3.96. The molecule has 0 amide bonds. The molecular weight excluding hydrogens is 352 g/mol. The monoisotopic (exact) mass is 370 g/mol. The molecule has 2 N–H and O–H groups in total. The zero-order chi connectivity index (χ0) is 18.3. The number of hydrogen-bond acceptors (Lipinski definition) is 5. The van der Waals surface area contributed by atoms with Crippen molar-refractivity contribution in [3.8, 4) is 17.0 Å². The summed E-state index contributed by atoms with van der Waals surface area (Å²) >= 11 is 0. The van der Waals surface area contributed by atoms with Crippen molar-refractivity contribution >= 4 is 21.2 Å². The summed E-state index contributed by atoms with van der Waals surface area (Å²) in [6, 6.07) is 11.8. The Bertz CT molecular complexity index is 1100. The molecule has 0 saturated heterocycles. The van der Waals surface area contributed by atoms with Gasteiger partial charge in [0, 0.05) is 30.7 Å². The zero-order valence-corrected chi connectivity index (χ0v) is 15.0. The van der Waals surface area contributed by atoms with Crippen molar-refractivity contribution in [3.63, 3.8) is 0 Å². The van der Waals surface area contributed by atoms with E-state index in [2.05, 4.69) is 9.97 Å². The van der Waals surface area contributed by atoms with Crippen LogP contribution in [0.3, 0.4) is 0 Å². The van der Waals surface area contributed by atoms with Crippen molar-refractivity contribution in [2.45, 2.75) is 13.0 Å². The highest BCUT2D eigenvalue weighted by atomic mass is 32.2. The quantitative estimate of drug-likeness (QED) is 0.759. The van der Waals surface area contributed by atoms with Crippen molar-refractivity contribution < 1.29 is 13.2 Å². The van der Waals surface area contributed by atoms with Crippen molar-refractivity contribution in [3.05, 3.63) is 53.7 Å². The van der Waals surface area contributed by atoms with Gasteiger partial charge < -0.3 is 4.74 Å². The zero-order valence-electron chi connectivity index (χ0n) is 14.2.